The Morgan fingerprint density at radius 2 is 0.597 bits per heavy atom. The molecule has 0 amide bonds. The second-order valence-electron chi connectivity index (χ2n) is 17.9. The average Bonchev–Trinajstić information content (AvgIpc) is 4.05. The van der Waals surface area contributed by atoms with E-state index in [9.17, 15) is 0 Å². The second-order valence-corrected chi connectivity index (χ2v) is 20.1. The third-order valence-corrected chi connectivity index (χ3v) is 17.0. The number of fused-ring (bicyclic) bond motifs is 13. The molecule has 3 heteroatoms. The number of nitrogens with zero attached hydrogens (tertiary/aromatic N) is 2. The van der Waals surface area contributed by atoms with Crippen LogP contribution in [0.1, 0.15) is 0 Å². The van der Waals surface area contributed by atoms with Gasteiger partial charge >= 0.3 is 394 Å². The predicted octanol–water partition coefficient (Wildman–Crippen LogP) is 17.2. The van der Waals surface area contributed by atoms with Crippen molar-refractivity contribution in [1.82, 2.24) is 9.13 Å². The first kappa shape index (κ1) is 37.1. The SMILES string of the molecule is c1ccc2c(-n3c4ccccc4c4ccccc43)c3ccccc3c(-c3ccc4c(c3)[se]c3c(-c5c6ccccc6c(-n6c7ccccc7c7ccccc76)c6ccccc56)cccc34)c2c1. The van der Waals surface area contributed by atoms with Gasteiger partial charge in [0.25, 0.3) is 0 Å². The van der Waals surface area contributed by atoms with Crippen molar-refractivity contribution in [3.05, 3.63) is 231 Å². The summed E-state index contributed by atoms with van der Waals surface area (Å²) in [6, 6.07) is 86.1. The fourth-order valence-corrected chi connectivity index (χ4v) is 14.4. The average molecular weight is 914 g/mol. The van der Waals surface area contributed by atoms with Gasteiger partial charge in [-0.1, -0.05) is 0 Å². The van der Waals surface area contributed by atoms with Gasteiger partial charge in [0, 0.05) is 0 Å². The third-order valence-electron chi connectivity index (χ3n) is 14.5. The number of para-hydroxylation sites is 4. The molecule has 310 valence electrons. The molecule has 0 unspecified atom stereocenters. The van der Waals surface area contributed by atoms with E-state index < -0.39 is 0 Å². The molecule has 12 aromatic carbocycles. The van der Waals surface area contributed by atoms with Crippen LogP contribution in [0.25, 0.3) is 140 Å². The summed E-state index contributed by atoms with van der Waals surface area (Å²) in [7, 11) is 0. The zero-order valence-electron chi connectivity index (χ0n) is 36.2. The minimum absolute atomic E-state index is 0.0689. The van der Waals surface area contributed by atoms with Crippen LogP contribution in [0.5, 0.6) is 0 Å². The van der Waals surface area contributed by atoms with E-state index in [0.29, 0.717) is 0 Å². The van der Waals surface area contributed by atoms with Gasteiger partial charge in [-0.3, -0.25) is 0 Å². The van der Waals surface area contributed by atoms with Crippen molar-refractivity contribution in [2.75, 3.05) is 0 Å². The van der Waals surface area contributed by atoms with Gasteiger partial charge in [0.15, 0.2) is 0 Å². The van der Waals surface area contributed by atoms with Gasteiger partial charge in [-0.15, -0.1) is 0 Å². The van der Waals surface area contributed by atoms with Crippen molar-refractivity contribution in [1.29, 1.82) is 0 Å². The predicted molar refractivity (Wildman–Crippen MR) is 288 cm³/mol. The van der Waals surface area contributed by atoms with Crippen molar-refractivity contribution in [2.24, 2.45) is 0 Å². The van der Waals surface area contributed by atoms with Crippen LogP contribution in [0.4, 0.5) is 0 Å². The number of hydrogen-bond acceptors (Lipinski definition) is 0. The van der Waals surface area contributed by atoms with Crippen LogP contribution in [0, 0.1) is 0 Å². The monoisotopic (exact) mass is 914 g/mol. The summed E-state index contributed by atoms with van der Waals surface area (Å²) in [6.45, 7) is 0. The molecule has 0 aliphatic rings. The van der Waals surface area contributed by atoms with Gasteiger partial charge in [0.1, 0.15) is 0 Å². The first-order valence-corrected chi connectivity index (χ1v) is 24.8. The molecule has 0 aliphatic heterocycles. The third kappa shape index (κ3) is 5.16. The zero-order valence-corrected chi connectivity index (χ0v) is 38.0. The molecule has 3 heterocycles. The van der Waals surface area contributed by atoms with Crippen LogP contribution in [0.3, 0.4) is 0 Å². The topological polar surface area (TPSA) is 9.86 Å². The first-order valence-electron chi connectivity index (χ1n) is 23.1. The van der Waals surface area contributed by atoms with Crippen LogP contribution >= 0.6 is 0 Å². The van der Waals surface area contributed by atoms with Gasteiger partial charge in [-0.2, -0.15) is 0 Å². The number of hydrogen-bond donors (Lipinski definition) is 0. The molecular formula is C64H38N2Se. The first-order chi connectivity index (χ1) is 33.3. The summed E-state index contributed by atoms with van der Waals surface area (Å²) in [4.78, 5) is 0. The standard InChI is InChI=1S/C64H38N2Se/c1-5-26-49-45(22-1)60(46-23-2-6-27-50(46)62(49)65-55-32-13-9-18-40(55)41-19-10-14-33-56(41)65)39-36-37-44-53-30-17-31-54(64(53)67-59(44)38-39)61-47-24-3-7-28-51(47)63(52-29-8-4-25-48(52)61)66-57-34-15-11-20-42(57)43-21-12-16-35-58(43)66/h1-38H. The molecule has 67 heavy (non-hydrogen) atoms. The van der Waals surface area contributed by atoms with E-state index in [2.05, 4.69) is 240 Å². The molecule has 0 saturated carbocycles. The maximum atomic E-state index is 2.52. The van der Waals surface area contributed by atoms with E-state index >= 15 is 0 Å². The molecular weight excluding hydrogens is 876 g/mol. The van der Waals surface area contributed by atoms with Crippen LogP contribution in [0.15, 0.2) is 231 Å². The van der Waals surface area contributed by atoms with Gasteiger partial charge < -0.3 is 0 Å². The Hall–Kier alpha value is -8.20. The quantitative estimate of drug-likeness (QED) is 0.123. The van der Waals surface area contributed by atoms with Crippen molar-refractivity contribution < 1.29 is 0 Å². The zero-order chi connectivity index (χ0) is 43.7. The van der Waals surface area contributed by atoms with Crippen molar-refractivity contribution in [2.45, 2.75) is 0 Å². The summed E-state index contributed by atoms with van der Waals surface area (Å²) in [5.74, 6) is 0. The van der Waals surface area contributed by atoms with Crippen molar-refractivity contribution >= 4 is 120 Å². The van der Waals surface area contributed by atoms with Crippen molar-refractivity contribution in [3.8, 4) is 33.6 Å². The second kappa shape index (κ2) is 14.1. The molecule has 0 N–H and O–H groups in total. The normalized spacial score (nSPS) is 12.2. The van der Waals surface area contributed by atoms with Crippen molar-refractivity contribution in [3.63, 3.8) is 0 Å². The van der Waals surface area contributed by atoms with Gasteiger partial charge in [-0.25, -0.2) is 0 Å². The molecule has 0 atom stereocenters. The molecule has 15 rings (SSSR count). The molecule has 3 aromatic heterocycles. The summed E-state index contributed by atoms with van der Waals surface area (Å²) in [5, 5.41) is 17.9. The molecule has 0 fully saturated rings. The minimum atomic E-state index is 0.0689. The molecule has 0 spiro atoms. The maximum absolute atomic E-state index is 2.52. The van der Waals surface area contributed by atoms with Crippen LogP contribution in [-0.2, 0) is 0 Å². The summed E-state index contributed by atoms with van der Waals surface area (Å²) < 4.78 is 7.91. The number of aromatic nitrogens is 2. The summed E-state index contributed by atoms with van der Waals surface area (Å²) in [6.07, 6.45) is 0. The summed E-state index contributed by atoms with van der Waals surface area (Å²) >= 11 is 0.0689. The summed E-state index contributed by atoms with van der Waals surface area (Å²) in [5.41, 5.74) is 12.6. The van der Waals surface area contributed by atoms with Gasteiger partial charge in [0.2, 0.25) is 0 Å². The Balaban J connectivity index is 0.975. The van der Waals surface area contributed by atoms with E-state index in [4.69, 9.17) is 0 Å². The van der Waals surface area contributed by atoms with Gasteiger partial charge in [-0.05, 0) is 0 Å². The molecule has 0 aliphatic carbocycles. The Bertz CT molecular complexity index is 4360. The fourth-order valence-electron chi connectivity index (χ4n) is 11.8. The molecule has 0 radical (unpaired) electrons. The Kier molecular flexibility index (Phi) is 7.83. The Labute approximate surface area is 391 Å². The molecule has 0 saturated heterocycles. The van der Waals surface area contributed by atoms with E-state index in [-0.39, 0.29) is 14.5 Å². The van der Waals surface area contributed by atoms with E-state index in [1.165, 1.54) is 140 Å². The Morgan fingerprint density at radius 1 is 0.254 bits per heavy atom. The number of benzene rings is 12. The van der Waals surface area contributed by atoms with E-state index in [0.717, 1.165) is 0 Å². The van der Waals surface area contributed by atoms with Crippen LogP contribution in [0.2, 0.25) is 0 Å². The van der Waals surface area contributed by atoms with E-state index in [1.54, 1.807) is 0 Å². The van der Waals surface area contributed by atoms with Crippen LogP contribution in [-0.4, -0.2) is 23.6 Å². The molecule has 0 bridgehead atoms. The molecule has 2 nitrogen and oxygen atoms in total. The Morgan fingerprint density at radius 3 is 1.01 bits per heavy atom. The fraction of sp³-hybridized carbons (Fsp3) is 0. The molecule has 15 aromatic rings. The van der Waals surface area contributed by atoms with Crippen LogP contribution < -0.4 is 0 Å². The van der Waals surface area contributed by atoms with Gasteiger partial charge in [0.05, 0.1) is 0 Å². The number of rotatable bonds is 4. The van der Waals surface area contributed by atoms with E-state index in [1.807, 2.05) is 0 Å².